The van der Waals surface area contributed by atoms with Gasteiger partial charge in [0.1, 0.15) is 6.54 Å². The Balaban J connectivity index is 3.14. The monoisotopic (exact) mass is 255 g/mol. The van der Waals surface area contributed by atoms with Gasteiger partial charge in [-0.1, -0.05) is 0 Å². The van der Waals surface area contributed by atoms with E-state index in [4.69, 9.17) is 5.26 Å². The van der Waals surface area contributed by atoms with Crippen molar-refractivity contribution in [3.8, 4) is 6.07 Å². The standard InChI is InChI=1S/C9H9N3O4S/c1-17(15,16)11(7-6-10)8-2-4-9(5-3-8)12(13)14/h2-5H,7H2,1H3. The average Bonchev–Trinajstić information content (AvgIpc) is 2.24. The fraction of sp³-hybridized carbons (Fsp3) is 0.222. The maximum atomic E-state index is 11.4. The minimum absolute atomic E-state index is 0.140. The summed E-state index contributed by atoms with van der Waals surface area (Å²) < 4.78 is 23.6. The van der Waals surface area contributed by atoms with Crippen molar-refractivity contribution >= 4 is 21.4 Å². The molecule has 0 saturated heterocycles. The van der Waals surface area contributed by atoms with Crippen molar-refractivity contribution in [1.29, 1.82) is 5.26 Å². The topological polar surface area (TPSA) is 104 Å². The Morgan fingerprint density at radius 2 is 1.94 bits per heavy atom. The molecule has 1 rings (SSSR count). The highest BCUT2D eigenvalue weighted by molar-refractivity contribution is 7.92. The van der Waals surface area contributed by atoms with E-state index in [2.05, 4.69) is 0 Å². The minimum atomic E-state index is -3.57. The van der Waals surface area contributed by atoms with Crippen molar-refractivity contribution in [2.24, 2.45) is 0 Å². The zero-order chi connectivity index (χ0) is 13.1. The SMILES string of the molecule is CS(=O)(=O)N(CC#N)c1ccc([N+](=O)[O-])cc1. The predicted molar refractivity (Wildman–Crippen MR) is 60.9 cm³/mol. The van der Waals surface area contributed by atoms with Crippen molar-refractivity contribution < 1.29 is 13.3 Å². The molecular formula is C9H9N3O4S. The van der Waals surface area contributed by atoms with E-state index in [1.54, 1.807) is 6.07 Å². The lowest BCUT2D eigenvalue weighted by molar-refractivity contribution is -0.384. The molecule has 1 aromatic carbocycles. The van der Waals surface area contributed by atoms with E-state index >= 15 is 0 Å². The van der Waals surface area contributed by atoms with Gasteiger partial charge in [0.15, 0.2) is 0 Å². The number of nitrogens with zero attached hydrogens (tertiary/aromatic N) is 3. The van der Waals surface area contributed by atoms with Gasteiger partial charge in [0, 0.05) is 12.1 Å². The maximum Gasteiger partial charge on any atom is 0.269 e. The molecule has 90 valence electrons. The Morgan fingerprint density at radius 1 is 1.41 bits per heavy atom. The zero-order valence-electron chi connectivity index (χ0n) is 8.90. The van der Waals surface area contributed by atoms with Crippen LogP contribution >= 0.6 is 0 Å². The van der Waals surface area contributed by atoms with Crippen LogP contribution in [0.5, 0.6) is 0 Å². The van der Waals surface area contributed by atoms with Crippen LogP contribution in [0, 0.1) is 21.4 Å². The molecule has 8 heteroatoms. The van der Waals surface area contributed by atoms with Crippen LogP contribution in [0.1, 0.15) is 0 Å². The minimum Gasteiger partial charge on any atom is -0.258 e. The van der Waals surface area contributed by atoms with Crippen LogP contribution in [0.15, 0.2) is 24.3 Å². The summed E-state index contributed by atoms with van der Waals surface area (Å²) in [5.41, 5.74) is 0.0822. The first-order chi connectivity index (χ1) is 7.86. The lowest BCUT2D eigenvalue weighted by atomic mass is 10.3. The first kappa shape index (κ1) is 12.9. The summed E-state index contributed by atoms with van der Waals surface area (Å²) in [5.74, 6) is 0. The largest absolute Gasteiger partial charge is 0.269 e. The number of sulfonamides is 1. The molecule has 0 saturated carbocycles. The second-order valence-corrected chi connectivity index (χ2v) is 5.11. The fourth-order valence-corrected chi connectivity index (χ4v) is 2.00. The van der Waals surface area contributed by atoms with E-state index in [0.717, 1.165) is 10.6 Å². The van der Waals surface area contributed by atoms with Gasteiger partial charge in [-0.25, -0.2) is 8.42 Å². The van der Waals surface area contributed by atoms with Gasteiger partial charge in [-0.15, -0.1) is 0 Å². The van der Waals surface area contributed by atoms with Gasteiger partial charge in [-0.3, -0.25) is 14.4 Å². The van der Waals surface area contributed by atoms with Crippen molar-refractivity contribution in [3.63, 3.8) is 0 Å². The Labute approximate surface area is 98.1 Å². The number of nitriles is 1. The number of rotatable bonds is 4. The van der Waals surface area contributed by atoms with Crippen LogP contribution in [0.4, 0.5) is 11.4 Å². The highest BCUT2D eigenvalue weighted by Crippen LogP contribution is 2.20. The Morgan fingerprint density at radius 3 is 2.29 bits per heavy atom. The first-order valence-electron chi connectivity index (χ1n) is 4.45. The van der Waals surface area contributed by atoms with Crippen molar-refractivity contribution in [1.82, 2.24) is 0 Å². The molecular weight excluding hydrogens is 246 g/mol. The van der Waals surface area contributed by atoms with E-state index in [0.29, 0.717) is 0 Å². The fourth-order valence-electron chi connectivity index (χ4n) is 1.20. The third kappa shape index (κ3) is 3.15. The third-order valence-corrected chi connectivity index (χ3v) is 3.10. The summed E-state index contributed by atoms with van der Waals surface area (Å²) in [6.07, 6.45) is 0.964. The molecule has 17 heavy (non-hydrogen) atoms. The summed E-state index contributed by atoms with van der Waals surface area (Å²) in [6.45, 7) is -0.337. The lowest BCUT2D eigenvalue weighted by Crippen LogP contribution is -2.30. The van der Waals surface area contributed by atoms with Gasteiger partial charge in [0.2, 0.25) is 10.0 Å². The van der Waals surface area contributed by atoms with E-state index in [-0.39, 0.29) is 17.9 Å². The molecule has 0 aliphatic rings. The van der Waals surface area contributed by atoms with Crippen molar-refractivity contribution in [3.05, 3.63) is 34.4 Å². The van der Waals surface area contributed by atoms with Crippen LogP contribution in [-0.4, -0.2) is 26.1 Å². The van der Waals surface area contributed by atoms with Crippen molar-refractivity contribution in [2.75, 3.05) is 17.1 Å². The second kappa shape index (κ2) is 4.80. The van der Waals surface area contributed by atoms with E-state index < -0.39 is 14.9 Å². The molecule has 0 atom stereocenters. The van der Waals surface area contributed by atoms with Gasteiger partial charge in [-0.2, -0.15) is 5.26 Å². The summed E-state index contributed by atoms with van der Waals surface area (Å²) in [7, 11) is -3.57. The van der Waals surface area contributed by atoms with Crippen LogP contribution in [-0.2, 0) is 10.0 Å². The molecule has 0 aliphatic carbocycles. The predicted octanol–water partition coefficient (Wildman–Crippen LogP) is 0.884. The Hall–Kier alpha value is -2.14. The molecule has 0 aliphatic heterocycles. The first-order valence-corrected chi connectivity index (χ1v) is 6.30. The number of nitro groups is 1. The average molecular weight is 255 g/mol. The molecule has 0 radical (unpaired) electrons. The molecule has 1 aromatic rings. The van der Waals surface area contributed by atoms with Crippen LogP contribution in [0.2, 0.25) is 0 Å². The number of hydrogen-bond donors (Lipinski definition) is 0. The lowest BCUT2D eigenvalue weighted by Gasteiger charge is -2.18. The number of hydrogen-bond acceptors (Lipinski definition) is 5. The van der Waals surface area contributed by atoms with Gasteiger partial charge >= 0.3 is 0 Å². The normalized spacial score (nSPS) is 10.6. The summed E-state index contributed by atoms with van der Waals surface area (Å²) in [5, 5.41) is 19.0. The molecule has 0 aromatic heterocycles. The summed E-state index contributed by atoms with van der Waals surface area (Å²) >= 11 is 0. The van der Waals surface area contributed by atoms with Crippen molar-refractivity contribution in [2.45, 2.75) is 0 Å². The summed E-state index contributed by atoms with van der Waals surface area (Å²) in [4.78, 5) is 9.84. The van der Waals surface area contributed by atoms with Gasteiger partial charge in [0.25, 0.3) is 5.69 Å². The molecule has 0 N–H and O–H groups in total. The molecule has 0 heterocycles. The van der Waals surface area contributed by atoms with E-state index in [1.807, 2.05) is 0 Å². The van der Waals surface area contributed by atoms with E-state index in [1.165, 1.54) is 24.3 Å². The van der Waals surface area contributed by atoms with Crippen LogP contribution < -0.4 is 4.31 Å². The molecule has 0 fully saturated rings. The number of benzene rings is 1. The second-order valence-electron chi connectivity index (χ2n) is 3.20. The highest BCUT2D eigenvalue weighted by atomic mass is 32.2. The van der Waals surface area contributed by atoms with E-state index in [9.17, 15) is 18.5 Å². The quantitative estimate of drug-likeness (QED) is 0.451. The third-order valence-electron chi connectivity index (χ3n) is 1.96. The number of nitro benzene ring substituents is 1. The zero-order valence-corrected chi connectivity index (χ0v) is 9.72. The molecule has 7 nitrogen and oxygen atoms in total. The Bertz CT molecular complexity index is 559. The van der Waals surface area contributed by atoms with Gasteiger partial charge in [0.05, 0.1) is 22.9 Å². The smallest absolute Gasteiger partial charge is 0.258 e. The van der Waals surface area contributed by atoms with Crippen LogP contribution in [0.3, 0.4) is 0 Å². The maximum absolute atomic E-state index is 11.4. The number of anilines is 1. The number of non-ortho nitro benzene ring substituents is 1. The van der Waals surface area contributed by atoms with Gasteiger partial charge in [-0.05, 0) is 12.1 Å². The highest BCUT2D eigenvalue weighted by Gasteiger charge is 2.17. The molecule has 0 unspecified atom stereocenters. The molecule has 0 bridgehead atoms. The Kier molecular flexibility index (Phi) is 3.65. The molecule has 0 spiro atoms. The summed E-state index contributed by atoms with van der Waals surface area (Å²) in [6, 6.07) is 6.67. The van der Waals surface area contributed by atoms with Gasteiger partial charge < -0.3 is 0 Å². The van der Waals surface area contributed by atoms with Crippen LogP contribution in [0.25, 0.3) is 0 Å². The molecule has 0 amide bonds.